The van der Waals surface area contributed by atoms with Crippen LogP contribution in [0, 0.1) is 0 Å². The summed E-state index contributed by atoms with van der Waals surface area (Å²) in [5.41, 5.74) is 3.29. The Kier molecular flexibility index (Phi) is 2.64. The van der Waals surface area contributed by atoms with Gasteiger partial charge < -0.3 is 16.2 Å². The van der Waals surface area contributed by atoms with Crippen LogP contribution in [0.2, 0.25) is 0 Å². The number of nitrogens with two attached hydrogens (primary N) is 1. The maximum Gasteiger partial charge on any atom is 0.411 e. The third-order valence-electron chi connectivity index (χ3n) is 2.94. The van der Waals surface area contributed by atoms with Crippen molar-refractivity contribution >= 4 is 17.3 Å². The second-order valence-electron chi connectivity index (χ2n) is 4.32. The van der Waals surface area contributed by atoms with Crippen LogP contribution < -0.4 is 11.1 Å². The number of nitrogens with one attached hydrogen (secondary N) is 1. The van der Waals surface area contributed by atoms with E-state index >= 15 is 0 Å². The lowest BCUT2D eigenvalue weighted by molar-refractivity contribution is -0.151. The molecular formula is C11H11F3N2O2. The first-order valence-corrected chi connectivity index (χ1v) is 5.23. The summed E-state index contributed by atoms with van der Waals surface area (Å²) in [7, 11) is 0. The zero-order valence-corrected chi connectivity index (χ0v) is 9.21. The van der Waals surface area contributed by atoms with Crippen LogP contribution >= 0.6 is 0 Å². The third kappa shape index (κ3) is 2.07. The van der Waals surface area contributed by atoms with Crippen molar-refractivity contribution in [1.29, 1.82) is 0 Å². The highest BCUT2D eigenvalue weighted by Crippen LogP contribution is 2.51. The van der Waals surface area contributed by atoms with E-state index in [1.54, 1.807) is 0 Å². The van der Waals surface area contributed by atoms with Crippen LogP contribution in [-0.4, -0.2) is 22.8 Å². The molecule has 0 saturated heterocycles. The molecule has 4 N–H and O–H groups in total. The number of alkyl halides is 3. The minimum absolute atomic E-state index is 0.0556. The molecule has 7 heteroatoms. The van der Waals surface area contributed by atoms with E-state index in [0.29, 0.717) is 0 Å². The first-order chi connectivity index (χ1) is 8.25. The Bertz CT molecular complexity index is 496. The number of anilines is 2. The van der Waals surface area contributed by atoms with Gasteiger partial charge in [0.15, 0.2) is 0 Å². The molecule has 0 heterocycles. The van der Waals surface area contributed by atoms with Gasteiger partial charge in [-0.05, 0) is 31.0 Å². The van der Waals surface area contributed by atoms with E-state index in [2.05, 4.69) is 5.32 Å². The molecule has 1 fully saturated rings. The standard InChI is InChI=1S/C11H11F3N2O2/c12-11(13,14)10(3-4-10)16-8-2-1-6(15)5-7(8)9(17)18/h1-2,5,16H,3-4,15H2,(H,17,18). The number of carbonyl (C=O) groups is 1. The average molecular weight is 260 g/mol. The van der Waals surface area contributed by atoms with Gasteiger partial charge in [-0.2, -0.15) is 13.2 Å². The molecule has 0 aliphatic heterocycles. The Balaban J connectivity index is 2.33. The Morgan fingerprint density at radius 1 is 1.39 bits per heavy atom. The largest absolute Gasteiger partial charge is 0.478 e. The van der Waals surface area contributed by atoms with Crippen LogP contribution in [0.4, 0.5) is 24.5 Å². The Labute approximate surface area is 101 Å². The monoisotopic (exact) mass is 260 g/mol. The van der Waals surface area contributed by atoms with E-state index < -0.39 is 17.7 Å². The van der Waals surface area contributed by atoms with E-state index in [1.165, 1.54) is 12.1 Å². The Morgan fingerprint density at radius 3 is 2.44 bits per heavy atom. The van der Waals surface area contributed by atoms with Crippen LogP contribution in [0.3, 0.4) is 0 Å². The highest BCUT2D eigenvalue weighted by molar-refractivity contribution is 5.95. The summed E-state index contributed by atoms with van der Waals surface area (Å²) >= 11 is 0. The predicted molar refractivity (Wildman–Crippen MR) is 59.5 cm³/mol. The zero-order chi connectivity index (χ0) is 13.6. The van der Waals surface area contributed by atoms with Crippen molar-refractivity contribution in [3.63, 3.8) is 0 Å². The van der Waals surface area contributed by atoms with Gasteiger partial charge >= 0.3 is 12.1 Å². The van der Waals surface area contributed by atoms with Gasteiger partial charge in [-0.25, -0.2) is 4.79 Å². The quantitative estimate of drug-likeness (QED) is 0.730. The smallest absolute Gasteiger partial charge is 0.411 e. The van der Waals surface area contributed by atoms with Crippen molar-refractivity contribution in [3.8, 4) is 0 Å². The molecule has 98 valence electrons. The normalized spacial score (nSPS) is 17.3. The topological polar surface area (TPSA) is 75.3 Å². The molecule has 2 rings (SSSR count). The molecule has 0 aromatic heterocycles. The molecule has 0 atom stereocenters. The molecule has 1 aliphatic carbocycles. The van der Waals surface area contributed by atoms with E-state index in [9.17, 15) is 18.0 Å². The maximum atomic E-state index is 12.8. The number of nitrogen functional groups attached to an aromatic ring is 1. The van der Waals surface area contributed by atoms with E-state index in [1.807, 2.05) is 0 Å². The van der Waals surface area contributed by atoms with Gasteiger partial charge in [0.25, 0.3) is 0 Å². The molecule has 0 radical (unpaired) electrons. The van der Waals surface area contributed by atoms with Crippen LogP contribution in [0.15, 0.2) is 18.2 Å². The van der Waals surface area contributed by atoms with Gasteiger partial charge in [0.2, 0.25) is 0 Å². The molecule has 0 amide bonds. The molecule has 0 unspecified atom stereocenters. The minimum atomic E-state index is -4.40. The lowest BCUT2D eigenvalue weighted by Crippen LogP contribution is -2.39. The van der Waals surface area contributed by atoms with E-state index in [0.717, 1.165) is 6.07 Å². The number of rotatable bonds is 3. The molecule has 4 nitrogen and oxygen atoms in total. The molecule has 1 aliphatic rings. The van der Waals surface area contributed by atoms with Crippen molar-refractivity contribution in [2.45, 2.75) is 24.6 Å². The van der Waals surface area contributed by atoms with Gasteiger partial charge in [-0.3, -0.25) is 0 Å². The molecule has 0 spiro atoms. The summed E-state index contributed by atoms with van der Waals surface area (Å²) in [6.07, 6.45) is -4.51. The number of carboxylic acid groups (broad SMARTS) is 1. The van der Waals surface area contributed by atoms with Crippen LogP contribution in [0.25, 0.3) is 0 Å². The molecule has 0 bridgehead atoms. The summed E-state index contributed by atoms with van der Waals surface area (Å²) in [6, 6.07) is 3.75. The highest BCUT2D eigenvalue weighted by atomic mass is 19.4. The number of carboxylic acids is 1. The number of benzene rings is 1. The molecule has 1 aromatic rings. The summed E-state index contributed by atoms with van der Waals surface area (Å²) in [5, 5.41) is 11.2. The Morgan fingerprint density at radius 2 is 2.00 bits per heavy atom. The van der Waals surface area contributed by atoms with E-state index in [4.69, 9.17) is 10.8 Å². The lowest BCUT2D eigenvalue weighted by Gasteiger charge is -2.23. The van der Waals surface area contributed by atoms with Crippen molar-refractivity contribution in [2.75, 3.05) is 11.1 Å². The Hall–Kier alpha value is -1.92. The molecule has 1 saturated carbocycles. The van der Waals surface area contributed by atoms with Crippen molar-refractivity contribution < 1.29 is 23.1 Å². The van der Waals surface area contributed by atoms with Crippen LogP contribution in [0.1, 0.15) is 23.2 Å². The second kappa shape index (κ2) is 3.79. The van der Waals surface area contributed by atoms with Crippen molar-refractivity contribution in [1.82, 2.24) is 0 Å². The average Bonchev–Trinajstić information content (AvgIpc) is 3.00. The minimum Gasteiger partial charge on any atom is -0.478 e. The van der Waals surface area contributed by atoms with Gasteiger partial charge in [-0.1, -0.05) is 0 Å². The summed E-state index contributed by atoms with van der Waals surface area (Å²) in [4.78, 5) is 11.0. The lowest BCUT2D eigenvalue weighted by atomic mass is 10.1. The van der Waals surface area contributed by atoms with Crippen molar-refractivity contribution in [3.05, 3.63) is 23.8 Å². The number of halogens is 3. The highest BCUT2D eigenvalue weighted by Gasteiger charge is 2.63. The summed E-state index contributed by atoms with van der Waals surface area (Å²) in [5.74, 6) is -1.32. The third-order valence-corrected chi connectivity index (χ3v) is 2.94. The molecular weight excluding hydrogens is 249 g/mol. The molecule has 18 heavy (non-hydrogen) atoms. The van der Waals surface area contributed by atoms with Crippen LogP contribution in [0.5, 0.6) is 0 Å². The summed E-state index contributed by atoms with van der Waals surface area (Å²) < 4.78 is 38.3. The van der Waals surface area contributed by atoms with E-state index in [-0.39, 0.29) is 29.8 Å². The van der Waals surface area contributed by atoms with Gasteiger partial charge in [0.1, 0.15) is 5.54 Å². The zero-order valence-electron chi connectivity index (χ0n) is 9.21. The van der Waals surface area contributed by atoms with Gasteiger partial charge in [-0.15, -0.1) is 0 Å². The number of hydrogen-bond donors (Lipinski definition) is 3. The second-order valence-corrected chi connectivity index (χ2v) is 4.32. The fraction of sp³-hybridized carbons (Fsp3) is 0.364. The van der Waals surface area contributed by atoms with Crippen LogP contribution in [-0.2, 0) is 0 Å². The predicted octanol–water partition coefficient (Wildman–Crippen LogP) is 2.47. The fourth-order valence-electron chi connectivity index (χ4n) is 1.71. The van der Waals surface area contributed by atoms with Crippen molar-refractivity contribution in [2.24, 2.45) is 0 Å². The molecule has 1 aromatic carbocycles. The summed E-state index contributed by atoms with van der Waals surface area (Å²) in [6.45, 7) is 0. The SMILES string of the molecule is Nc1ccc(NC2(C(F)(F)F)CC2)c(C(=O)O)c1. The number of aromatic carboxylic acids is 1. The van der Waals surface area contributed by atoms with Gasteiger partial charge in [0.05, 0.1) is 5.56 Å². The maximum absolute atomic E-state index is 12.8. The van der Waals surface area contributed by atoms with Gasteiger partial charge in [0, 0.05) is 11.4 Å². The first kappa shape index (κ1) is 12.5. The number of hydrogen-bond acceptors (Lipinski definition) is 3. The fourth-order valence-corrected chi connectivity index (χ4v) is 1.71. The first-order valence-electron chi connectivity index (χ1n) is 5.23.